The number of fused-ring (bicyclic) bond motifs is 1. The first-order valence-corrected chi connectivity index (χ1v) is 14.8. The predicted octanol–water partition coefficient (Wildman–Crippen LogP) is 6.18. The van der Waals surface area contributed by atoms with E-state index < -0.39 is 22.0 Å². The van der Waals surface area contributed by atoms with Gasteiger partial charge in [-0.3, -0.25) is 9.59 Å². The smallest absolute Gasteiger partial charge is 0.252 e. The maximum Gasteiger partial charge on any atom is 0.252 e. The minimum absolute atomic E-state index is 0.133. The molecule has 5 rings (SSSR count). The monoisotopic (exact) mass is 530 g/mol. The van der Waals surface area contributed by atoms with Crippen molar-refractivity contribution in [2.45, 2.75) is 69.2 Å². The van der Waals surface area contributed by atoms with Gasteiger partial charge >= 0.3 is 0 Å². The Labute approximate surface area is 225 Å². The minimum atomic E-state index is -4.05. The Bertz CT molecular complexity index is 1490. The second kappa shape index (κ2) is 10.8. The third-order valence-electron chi connectivity index (χ3n) is 7.65. The summed E-state index contributed by atoms with van der Waals surface area (Å²) < 4.78 is 29.4. The van der Waals surface area contributed by atoms with Gasteiger partial charge in [-0.2, -0.15) is 4.31 Å². The van der Waals surface area contributed by atoms with Gasteiger partial charge in [-0.25, -0.2) is 13.3 Å². The molecular formula is C31H34N2O4S. The molecule has 1 fully saturated rings. The van der Waals surface area contributed by atoms with Crippen LogP contribution in [0.4, 0.5) is 5.69 Å². The highest BCUT2D eigenvalue weighted by Gasteiger charge is 2.46. The largest absolute Gasteiger partial charge is 0.274 e. The Morgan fingerprint density at radius 3 is 2.37 bits per heavy atom. The minimum Gasteiger partial charge on any atom is -0.274 e. The molecule has 1 saturated heterocycles. The number of benzene rings is 3. The Kier molecular flexibility index (Phi) is 7.50. The number of hydrogen-bond acceptors (Lipinski definition) is 4. The van der Waals surface area contributed by atoms with Gasteiger partial charge in [0.05, 0.1) is 17.0 Å². The van der Waals surface area contributed by atoms with E-state index >= 15 is 0 Å². The van der Waals surface area contributed by atoms with Crippen molar-refractivity contribution in [3.63, 3.8) is 0 Å². The first-order valence-electron chi connectivity index (χ1n) is 13.4. The van der Waals surface area contributed by atoms with Crippen molar-refractivity contribution in [3.05, 3.63) is 83.9 Å². The van der Waals surface area contributed by atoms with Crippen molar-refractivity contribution >= 4 is 38.3 Å². The molecule has 3 aromatic rings. The second-order valence-corrected chi connectivity index (χ2v) is 12.4. The van der Waals surface area contributed by atoms with E-state index in [0.717, 1.165) is 46.9 Å². The lowest BCUT2D eigenvalue weighted by Crippen LogP contribution is -2.46. The topological polar surface area (TPSA) is 74.8 Å². The van der Waals surface area contributed by atoms with E-state index in [9.17, 15) is 18.0 Å². The van der Waals surface area contributed by atoms with Gasteiger partial charge in [-0.15, -0.1) is 0 Å². The number of anilines is 1. The summed E-state index contributed by atoms with van der Waals surface area (Å²) in [5, 5.41) is 1.75. The van der Waals surface area contributed by atoms with Crippen LogP contribution in [-0.2, 0) is 19.6 Å². The Hall–Kier alpha value is -3.29. The Morgan fingerprint density at radius 2 is 1.68 bits per heavy atom. The Morgan fingerprint density at radius 1 is 0.947 bits per heavy atom. The summed E-state index contributed by atoms with van der Waals surface area (Å²) in [6.45, 7) is 4.31. The quantitative estimate of drug-likeness (QED) is 0.258. The van der Waals surface area contributed by atoms with Gasteiger partial charge in [0.1, 0.15) is 6.04 Å². The highest BCUT2D eigenvalue weighted by Crippen LogP contribution is 2.32. The maximum atomic E-state index is 14.1. The average molecular weight is 531 g/mol. The van der Waals surface area contributed by atoms with Gasteiger partial charge in [-0.1, -0.05) is 68.0 Å². The standard InChI is InChI=1S/C31H34N2O4S/c1-22(2)24-12-15-27(16-13-24)33-30(34)21-29(31(33)35)32(19-18-23-8-4-3-5-9-23)38(36,37)28-17-14-25-10-6-7-11-26(25)20-28/h6-8,10-17,20,22,29H,3-5,9,18-19,21H2,1-2H3. The van der Waals surface area contributed by atoms with Gasteiger partial charge in [0.15, 0.2) is 0 Å². The van der Waals surface area contributed by atoms with Crippen molar-refractivity contribution < 1.29 is 18.0 Å². The molecule has 6 nitrogen and oxygen atoms in total. The first-order chi connectivity index (χ1) is 18.3. The van der Waals surface area contributed by atoms with Gasteiger partial charge in [0, 0.05) is 6.54 Å². The molecule has 0 N–H and O–H groups in total. The summed E-state index contributed by atoms with van der Waals surface area (Å²) in [5.41, 5.74) is 2.79. The van der Waals surface area contributed by atoms with Crippen molar-refractivity contribution in [1.29, 1.82) is 0 Å². The Balaban J connectivity index is 1.49. The maximum absolute atomic E-state index is 14.1. The molecule has 1 unspecified atom stereocenters. The molecule has 198 valence electrons. The summed E-state index contributed by atoms with van der Waals surface area (Å²) in [7, 11) is -4.05. The molecule has 1 aliphatic carbocycles. The highest BCUT2D eigenvalue weighted by molar-refractivity contribution is 7.89. The van der Waals surface area contributed by atoms with E-state index in [2.05, 4.69) is 19.9 Å². The fourth-order valence-corrected chi connectivity index (χ4v) is 7.03. The number of carbonyl (C=O) groups is 2. The summed E-state index contributed by atoms with van der Waals surface area (Å²) in [5.74, 6) is -0.555. The van der Waals surface area contributed by atoms with E-state index in [-0.39, 0.29) is 23.8 Å². The highest BCUT2D eigenvalue weighted by atomic mass is 32.2. The zero-order valence-corrected chi connectivity index (χ0v) is 22.8. The molecule has 3 aromatic carbocycles. The van der Waals surface area contributed by atoms with Gasteiger partial charge in [-0.05, 0) is 78.6 Å². The molecule has 1 aliphatic heterocycles. The molecule has 0 saturated carbocycles. The number of amides is 2. The SMILES string of the molecule is CC(C)c1ccc(N2C(=O)CC(N(CCC3=CCCCC3)S(=O)(=O)c3ccc4ccccc4c3)C2=O)cc1. The van der Waals surface area contributed by atoms with E-state index in [1.807, 2.05) is 36.4 Å². The molecule has 1 atom stereocenters. The lowest BCUT2D eigenvalue weighted by atomic mass is 9.97. The molecule has 0 spiro atoms. The molecule has 38 heavy (non-hydrogen) atoms. The van der Waals surface area contributed by atoms with Gasteiger partial charge in [0.25, 0.3) is 5.91 Å². The van der Waals surface area contributed by atoms with Crippen molar-refractivity contribution in [2.75, 3.05) is 11.4 Å². The fourth-order valence-electron chi connectivity index (χ4n) is 5.41. The van der Waals surface area contributed by atoms with Crippen LogP contribution in [0.5, 0.6) is 0 Å². The van der Waals surface area contributed by atoms with Gasteiger partial charge < -0.3 is 0 Å². The van der Waals surface area contributed by atoms with E-state index in [0.29, 0.717) is 18.0 Å². The molecule has 7 heteroatoms. The number of rotatable bonds is 8. The van der Waals surface area contributed by atoms with Crippen LogP contribution in [0.1, 0.15) is 63.9 Å². The van der Waals surface area contributed by atoms with Crippen LogP contribution in [0.2, 0.25) is 0 Å². The zero-order chi connectivity index (χ0) is 26.9. The van der Waals surface area contributed by atoms with Crippen molar-refractivity contribution in [3.8, 4) is 0 Å². The summed E-state index contributed by atoms with van der Waals surface area (Å²) >= 11 is 0. The van der Waals surface area contributed by atoms with E-state index in [1.54, 1.807) is 30.3 Å². The average Bonchev–Trinajstić information content (AvgIpc) is 3.22. The molecule has 1 heterocycles. The normalized spacial score (nSPS) is 18.6. The van der Waals surface area contributed by atoms with Crippen molar-refractivity contribution in [2.24, 2.45) is 0 Å². The number of hydrogen-bond donors (Lipinski definition) is 0. The second-order valence-electron chi connectivity index (χ2n) is 10.5. The van der Waals surface area contributed by atoms with Crippen LogP contribution in [-0.4, -0.2) is 37.1 Å². The lowest BCUT2D eigenvalue weighted by molar-refractivity contribution is -0.122. The summed E-state index contributed by atoms with van der Waals surface area (Å²) in [6.07, 6.45) is 6.73. The number of sulfonamides is 1. The van der Waals surface area contributed by atoms with Crippen LogP contribution in [0.15, 0.2) is 83.3 Å². The van der Waals surface area contributed by atoms with Gasteiger partial charge in [0.2, 0.25) is 15.9 Å². The van der Waals surface area contributed by atoms with Crippen LogP contribution in [0.3, 0.4) is 0 Å². The summed E-state index contributed by atoms with van der Waals surface area (Å²) in [6, 6.07) is 18.9. The molecule has 2 amide bonds. The fraction of sp³-hybridized carbons (Fsp3) is 0.355. The van der Waals surface area contributed by atoms with E-state index in [1.165, 1.54) is 9.88 Å². The van der Waals surface area contributed by atoms with Crippen LogP contribution < -0.4 is 4.90 Å². The molecule has 0 radical (unpaired) electrons. The number of imide groups is 1. The lowest BCUT2D eigenvalue weighted by Gasteiger charge is -2.28. The first kappa shape index (κ1) is 26.3. The van der Waals surface area contributed by atoms with E-state index in [4.69, 9.17) is 0 Å². The molecule has 2 aliphatic rings. The third-order valence-corrected chi connectivity index (χ3v) is 9.56. The van der Waals surface area contributed by atoms with Crippen molar-refractivity contribution in [1.82, 2.24) is 4.31 Å². The number of nitrogens with zero attached hydrogens (tertiary/aromatic N) is 2. The molecular weight excluding hydrogens is 496 g/mol. The third kappa shape index (κ3) is 5.18. The van der Waals surface area contributed by atoms with Crippen LogP contribution in [0.25, 0.3) is 10.8 Å². The summed E-state index contributed by atoms with van der Waals surface area (Å²) in [4.78, 5) is 28.1. The molecule has 0 aromatic heterocycles. The van der Waals surface area contributed by atoms with Crippen LogP contribution >= 0.6 is 0 Å². The number of carbonyl (C=O) groups excluding carboxylic acids is 2. The zero-order valence-electron chi connectivity index (χ0n) is 22.0. The number of allylic oxidation sites excluding steroid dienone is 1. The van der Waals surface area contributed by atoms with Crippen LogP contribution in [0, 0.1) is 0 Å². The molecule has 0 bridgehead atoms. The predicted molar refractivity (Wildman–Crippen MR) is 150 cm³/mol.